The van der Waals surface area contributed by atoms with E-state index >= 15 is 0 Å². The number of imidazole rings is 1. The summed E-state index contributed by atoms with van der Waals surface area (Å²) < 4.78 is 20.5. The molecule has 0 amide bonds. The predicted molar refractivity (Wildman–Crippen MR) is 72.1 cm³/mol. The Hall–Kier alpha value is -0.910. The van der Waals surface area contributed by atoms with Gasteiger partial charge in [0, 0.05) is 30.8 Å². The Morgan fingerprint density at radius 1 is 1.10 bits per heavy atom. The highest BCUT2D eigenvalue weighted by Crippen LogP contribution is 2.56. The van der Waals surface area contributed by atoms with Crippen molar-refractivity contribution in [1.29, 1.82) is 0 Å². The predicted octanol–water partition coefficient (Wildman–Crippen LogP) is 2.06. The highest BCUT2D eigenvalue weighted by Gasteiger charge is 2.60. The van der Waals surface area contributed by atoms with Crippen LogP contribution in [0.5, 0.6) is 0 Å². The number of aromatic nitrogens is 2. The average Bonchev–Trinajstić information content (AvgIpc) is 3.05. The fourth-order valence-electron chi connectivity index (χ4n) is 4.24. The second kappa shape index (κ2) is 4.06. The third-order valence-electron chi connectivity index (χ3n) is 5.20. The van der Waals surface area contributed by atoms with E-state index < -0.39 is 5.79 Å². The van der Waals surface area contributed by atoms with Gasteiger partial charge in [0.2, 0.25) is 0 Å². The lowest BCUT2D eigenvalue weighted by molar-refractivity contribution is -0.283. The molecule has 0 N–H and O–H groups in total. The van der Waals surface area contributed by atoms with Crippen LogP contribution in [0.2, 0.25) is 0 Å². The summed E-state index contributed by atoms with van der Waals surface area (Å²) in [6.45, 7) is 7.51. The summed E-state index contributed by atoms with van der Waals surface area (Å²) in [7, 11) is 0. The maximum absolute atomic E-state index is 6.24. The van der Waals surface area contributed by atoms with Crippen molar-refractivity contribution < 1.29 is 14.2 Å². The van der Waals surface area contributed by atoms with Gasteiger partial charge in [-0.1, -0.05) is 13.8 Å². The third-order valence-corrected chi connectivity index (χ3v) is 5.20. The Bertz CT molecular complexity index is 519. The van der Waals surface area contributed by atoms with Gasteiger partial charge in [0.25, 0.3) is 0 Å². The number of rotatable bonds is 0. The quantitative estimate of drug-likeness (QED) is 0.729. The minimum absolute atomic E-state index is 0.0874. The second-order valence-electron chi connectivity index (χ2n) is 6.80. The van der Waals surface area contributed by atoms with Crippen molar-refractivity contribution in [1.82, 2.24) is 9.55 Å². The molecule has 1 saturated carbocycles. The Morgan fingerprint density at radius 2 is 1.90 bits per heavy atom. The van der Waals surface area contributed by atoms with Gasteiger partial charge >= 0.3 is 0 Å². The van der Waals surface area contributed by atoms with Crippen LogP contribution in [0.4, 0.5) is 0 Å². The Morgan fingerprint density at radius 3 is 2.65 bits per heavy atom. The highest BCUT2D eigenvalue weighted by molar-refractivity contribution is 5.14. The summed E-state index contributed by atoms with van der Waals surface area (Å²) in [5.74, 6) is 0.640. The summed E-state index contributed by atoms with van der Waals surface area (Å²) in [4.78, 5) is 4.57. The summed E-state index contributed by atoms with van der Waals surface area (Å²) in [6, 6.07) is 0. The molecule has 2 spiro atoms. The van der Waals surface area contributed by atoms with E-state index in [0.717, 1.165) is 38.2 Å². The fraction of sp³-hybridized carbons (Fsp3) is 0.800. The first-order chi connectivity index (χ1) is 9.57. The monoisotopic (exact) mass is 278 g/mol. The van der Waals surface area contributed by atoms with E-state index in [4.69, 9.17) is 14.2 Å². The van der Waals surface area contributed by atoms with Crippen molar-refractivity contribution in [3.63, 3.8) is 0 Å². The van der Waals surface area contributed by atoms with Crippen LogP contribution in [0.25, 0.3) is 0 Å². The number of fused-ring (bicyclic) bond motifs is 2. The van der Waals surface area contributed by atoms with Crippen LogP contribution in [-0.2, 0) is 26.4 Å². The molecule has 4 rings (SSSR count). The molecular weight excluding hydrogens is 256 g/mol. The second-order valence-corrected chi connectivity index (χ2v) is 6.80. The molecule has 2 fully saturated rings. The smallest absolute Gasteiger partial charge is 0.173 e. The van der Waals surface area contributed by atoms with E-state index in [9.17, 15) is 0 Å². The molecule has 5 heteroatoms. The van der Waals surface area contributed by atoms with Gasteiger partial charge in [-0.2, -0.15) is 0 Å². The summed E-state index contributed by atoms with van der Waals surface area (Å²) in [6.07, 6.45) is 6.60. The Kier molecular flexibility index (Phi) is 2.60. The first kappa shape index (κ1) is 12.8. The van der Waals surface area contributed by atoms with E-state index in [1.165, 1.54) is 0 Å². The molecule has 20 heavy (non-hydrogen) atoms. The van der Waals surface area contributed by atoms with Crippen molar-refractivity contribution in [2.45, 2.75) is 51.0 Å². The number of nitrogens with zero attached hydrogens (tertiary/aromatic N) is 2. The van der Waals surface area contributed by atoms with E-state index in [1.807, 2.05) is 6.20 Å². The summed E-state index contributed by atoms with van der Waals surface area (Å²) in [5.41, 5.74) is -0.359. The van der Waals surface area contributed by atoms with Crippen molar-refractivity contribution in [3.05, 3.63) is 18.2 Å². The molecule has 5 nitrogen and oxygen atoms in total. The molecule has 0 aromatic carbocycles. The Labute approximate surface area is 119 Å². The highest BCUT2D eigenvalue weighted by atomic mass is 16.7. The van der Waals surface area contributed by atoms with Crippen molar-refractivity contribution in [2.24, 2.45) is 5.41 Å². The van der Waals surface area contributed by atoms with Crippen LogP contribution < -0.4 is 0 Å². The minimum atomic E-state index is -0.434. The molecule has 1 unspecified atom stereocenters. The SMILES string of the molecule is CC1(C)CC2(CCC13OCCO3)OCCn1ccnc12. The van der Waals surface area contributed by atoms with Crippen molar-refractivity contribution in [3.8, 4) is 0 Å². The minimum Gasteiger partial charge on any atom is -0.365 e. The van der Waals surface area contributed by atoms with E-state index in [2.05, 4.69) is 29.6 Å². The molecule has 1 aliphatic carbocycles. The average molecular weight is 278 g/mol. The lowest BCUT2D eigenvalue weighted by atomic mass is 9.65. The maximum atomic E-state index is 6.24. The first-order valence-corrected chi connectivity index (χ1v) is 7.51. The van der Waals surface area contributed by atoms with E-state index in [0.29, 0.717) is 13.2 Å². The number of hydrogen-bond acceptors (Lipinski definition) is 4. The lowest BCUT2D eigenvalue weighted by Crippen LogP contribution is -2.56. The molecule has 3 heterocycles. The van der Waals surface area contributed by atoms with Gasteiger partial charge in [-0.05, 0) is 12.8 Å². The Balaban J connectivity index is 1.71. The molecular formula is C15H22N2O3. The van der Waals surface area contributed by atoms with Crippen LogP contribution in [0, 0.1) is 5.41 Å². The fourth-order valence-corrected chi connectivity index (χ4v) is 4.24. The van der Waals surface area contributed by atoms with Gasteiger partial charge in [-0.25, -0.2) is 4.98 Å². The molecule has 1 atom stereocenters. The van der Waals surface area contributed by atoms with E-state index in [-0.39, 0.29) is 11.0 Å². The summed E-state index contributed by atoms with van der Waals surface area (Å²) in [5, 5.41) is 0. The normalized spacial score (nSPS) is 34.5. The zero-order chi connectivity index (χ0) is 13.8. The largest absolute Gasteiger partial charge is 0.365 e. The first-order valence-electron chi connectivity index (χ1n) is 7.51. The molecule has 0 radical (unpaired) electrons. The van der Waals surface area contributed by atoms with Crippen LogP contribution in [0.15, 0.2) is 12.4 Å². The van der Waals surface area contributed by atoms with Crippen molar-refractivity contribution >= 4 is 0 Å². The van der Waals surface area contributed by atoms with Crippen LogP contribution in [0.3, 0.4) is 0 Å². The molecule has 110 valence electrons. The van der Waals surface area contributed by atoms with Gasteiger partial charge in [-0.3, -0.25) is 0 Å². The maximum Gasteiger partial charge on any atom is 0.173 e. The molecule has 1 saturated heterocycles. The third kappa shape index (κ3) is 1.57. The molecule has 2 aliphatic heterocycles. The lowest BCUT2D eigenvalue weighted by Gasteiger charge is -2.53. The zero-order valence-electron chi connectivity index (χ0n) is 12.2. The topological polar surface area (TPSA) is 45.5 Å². The van der Waals surface area contributed by atoms with Gasteiger partial charge < -0.3 is 18.8 Å². The zero-order valence-corrected chi connectivity index (χ0v) is 12.2. The van der Waals surface area contributed by atoms with Gasteiger partial charge in [0.1, 0.15) is 11.4 Å². The molecule has 3 aliphatic rings. The van der Waals surface area contributed by atoms with Crippen molar-refractivity contribution in [2.75, 3.05) is 19.8 Å². The number of ether oxygens (including phenoxy) is 3. The standard InChI is InChI=1S/C15H22N2O3/c1-13(2)11-14(3-4-15(13)19-9-10-20-15)12-16-5-6-17(12)7-8-18-14/h5-6H,3-4,7-11H2,1-2H3. The summed E-state index contributed by atoms with van der Waals surface area (Å²) >= 11 is 0. The van der Waals surface area contributed by atoms with Gasteiger partial charge in [-0.15, -0.1) is 0 Å². The molecule has 1 aromatic heterocycles. The van der Waals surface area contributed by atoms with Crippen LogP contribution in [-0.4, -0.2) is 35.2 Å². The van der Waals surface area contributed by atoms with Crippen LogP contribution >= 0.6 is 0 Å². The number of hydrogen-bond donors (Lipinski definition) is 0. The van der Waals surface area contributed by atoms with Gasteiger partial charge in [0.05, 0.1) is 19.8 Å². The molecule has 1 aromatic rings. The van der Waals surface area contributed by atoms with Gasteiger partial charge in [0.15, 0.2) is 5.79 Å². The van der Waals surface area contributed by atoms with Crippen LogP contribution in [0.1, 0.15) is 38.9 Å². The molecule has 0 bridgehead atoms. The van der Waals surface area contributed by atoms with E-state index in [1.54, 1.807) is 0 Å².